The van der Waals surface area contributed by atoms with E-state index in [4.69, 9.17) is 11.0 Å². The SMILES string of the molecule is [2H]C([2H])(O)C(C([2H])([2H])O)(C([2H])([2H])Br)C([2H])([2H])Br. The third kappa shape index (κ3) is 2.53. The molecular weight excluding hydrogens is 252 g/mol. The van der Waals surface area contributed by atoms with Gasteiger partial charge in [0.1, 0.15) is 0 Å². The minimum absolute atomic E-state index is 2.27. The van der Waals surface area contributed by atoms with Gasteiger partial charge in [-0.25, -0.2) is 0 Å². The van der Waals surface area contributed by atoms with Crippen LogP contribution < -0.4 is 0 Å². The fourth-order valence-electron chi connectivity index (χ4n) is 0.127. The second-order valence-corrected chi connectivity index (χ2v) is 1.96. The van der Waals surface area contributed by atoms with E-state index in [9.17, 15) is 10.2 Å². The van der Waals surface area contributed by atoms with Crippen molar-refractivity contribution in [2.24, 2.45) is 5.41 Å². The molecule has 0 rings (SSSR count). The van der Waals surface area contributed by atoms with Gasteiger partial charge in [-0.3, -0.25) is 0 Å². The van der Waals surface area contributed by atoms with E-state index in [-0.39, 0.29) is 0 Å². The van der Waals surface area contributed by atoms with Crippen molar-refractivity contribution in [2.45, 2.75) is 0 Å². The zero-order chi connectivity index (χ0) is 14.5. The summed E-state index contributed by atoms with van der Waals surface area (Å²) in [5, 5.41) is 12.5. The molecule has 56 valence electrons. The standard InChI is InChI=1S/C5H10Br2O2/c6-1-5(2-7,3-8)4-9/h8-9H,1-4H2/i1D2,2D2,3D2,4D2. The molecule has 0 aliphatic rings. The van der Waals surface area contributed by atoms with Crippen molar-refractivity contribution >= 4 is 31.9 Å². The Morgan fingerprint density at radius 3 is 1.56 bits per heavy atom. The van der Waals surface area contributed by atoms with Crippen LogP contribution in [-0.2, 0) is 0 Å². The summed E-state index contributed by atoms with van der Waals surface area (Å²) in [5.41, 5.74) is -3.47. The maximum atomic E-state index is 9.33. The average Bonchev–Trinajstić information content (AvgIpc) is 1.67. The van der Waals surface area contributed by atoms with Gasteiger partial charge >= 0.3 is 0 Å². The van der Waals surface area contributed by atoms with E-state index < -0.39 is 29.1 Å². The molecule has 0 aliphatic carbocycles. The highest BCUT2D eigenvalue weighted by atomic mass is 79.9. The smallest absolute Gasteiger partial charge is 0.0571 e. The number of hydrogen-bond acceptors (Lipinski definition) is 2. The lowest BCUT2D eigenvalue weighted by Crippen LogP contribution is -2.33. The zero-order valence-corrected chi connectivity index (χ0v) is 7.32. The van der Waals surface area contributed by atoms with Gasteiger partial charge in [0.2, 0.25) is 0 Å². The second-order valence-electron chi connectivity index (χ2n) is 1.16. The Labute approximate surface area is 82.8 Å². The van der Waals surface area contributed by atoms with Crippen molar-refractivity contribution in [3.05, 3.63) is 0 Å². The Kier molecular flexibility index (Phi) is 1.42. The van der Waals surface area contributed by atoms with Crippen molar-refractivity contribution in [3.8, 4) is 0 Å². The predicted octanol–water partition coefficient (Wildman–Crippen LogP) is 0.747. The van der Waals surface area contributed by atoms with Gasteiger partial charge in [0.25, 0.3) is 0 Å². The number of alkyl halides is 2. The largest absolute Gasteiger partial charge is 0.396 e. The summed E-state index contributed by atoms with van der Waals surface area (Å²) in [6.07, 6.45) is 0. The van der Waals surface area contributed by atoms with Crippen molar-refractivity contribution < 1.29 is 21.2 Å². The molecule has 0 atom stereocenters. The Morgan fingerprint density at radius 1 is 1.22 bits per heavy atom. The first-order valence-corrected chi connectivity index (χ1v) is 3.41. The maximum Gasteiger partial charge on any atom is 0.0571 e. The number of rotatable bonds is 4. The van der Waals surface area contributed by atoms with Crippen LogP contribution in [0.4, 0.5) is 0 Å². The van der Waals surface area contributed by atoms with E-state index in [0.29, 0.717) is 0 Å². The number of halogens is 2. The summed E-state index contributed by atoms with van der Waals surface area (Å²) in [6.45, 7) is -7.41. The summed E-state index contributed by atoms with van der Waals surface area (Å²) < 4.78 is 57.6. The van der Waals surface area contributed by atoms with Crippen LogP contribution in [0.5, 0.6) is 0 Å². The first kappa shape index (κ1) is 2.73. The molecule has 2 nitrogen and oxygen atoms in total. The van der Waals surface area contributed by atoms with Gasteiger partial charge in [0.15, 0.2) is 0 Å². The summed E-state index contributed by atoms with van der Waals surface area (Å²) >= 11 is 4.55. The quantitative estimate of drug-likeness (QED) is 0.740. The first-order chi connectivity index (χ1) is 7.00. The predicted molar refractivity (Wildman–Crippen MR) is 44.2 cm³/mol. The van der Waals surface area contributed by atoms with Crippen molar-refractivity contribution in [2.75, 3.05) is 23.7 Å². The molecule has 0 unspecified atom stereocenters. The molecule has 2 N–H and O–H groups in total. The molecule has 4 heteroatoms. The number of hydrogen-bond donors (Lipinski definition) is 2. The maximum absolute atomic E-state index is 9.33. The van der Waals surface area contributed by atoms with Crippen molar-refractivity contribution in [3.63, 3.8) is 0 Å². The van der Waals surface area contributed by atoms with E-state index >= 15 is 0 Å². The van der Waals surface area contributed by atoms with Crippen LogP contribution in [0.25, 0.3) is 0 Å². The van der Waals surface area contributed by atoms with Crippen molar-refractivity contribution in [1.82, 2.24) is 0 Å². The Morgan fingerprint density at radius 2 is 1.56 bits per heavy atom. The monoisotopic (exact) mass is 268 g/mol. The van der Waals surface area contributed by atoms with Gasteiger partial charge < -0.3 is 10.2 Å². The minimum Gasteiger partial charge on any atom is -0.396 e. The molecule has 0 aromatic rings. The van der Waals surface area contributed by atoms with Crippen LogP contribution in [0.1, 0.15) is 11.0 Å². The van der Waals surface area contributed by atoms with Crippen LogP contribution in [0, 0.1) is 5.41 Å². The lowest BCUT2D eigenvalue weighted by atomic mass is 9.97. The van der Waals surface area contributed by atoms with Crippen LogP contribution in [0.15, 0.2) is 0 Å². The number of aliphatic hydroxyl groups is 2. The lowest BCUT2D eigenvalue weighted by molar-refractivity contribution is 0.0952. The molecule has 0 heterocycles. The first-order valence-electron chi connectivity index (χ1n) is 5.83. The van der Waals surface area contributed by atoms with Crippen molar-refractivity contribution in [1.29, 1.82) is 0 Å². The molecule has 9 heavy (non-hydrogen) atoms. The fraction of sp³-hybridized carbons (Fsp3) is 1.00. The topological polar surface area (TPSA) is 40.5 Å². The van der Waals surface area contributed by atoms with E-state index in [1.54, 1.807) is 0 Å². The molecule has 0 radical (unpaired) electrons. The highest BCUT2D eigenvalue weighted by molar-refractivity contribution is 9.09. The fourth-order valence-corrected chi connectivity index (χ4v) is 0.946. The Hall–Kier alpha value is 0.880. The second kappa shape index (κ2) is 4.66. The van der Waals surface area contributed by atoms with Gasteiger partial charge in [-0.15, -0.1) is 0 Å². The summed E-state index contributed by atoms with van der Waals surface area (Å²) in [5.74, 6) is 0. The molecular formula is C5H10Br2O2. The van der Waals surface area contributed by atoms with E-state index in [0.717, 1.165) is 0 Å². The van der Waals surface area contributed by atoms with Crippen LogP contribution >= 0.6 is 31.9 Å². The average molecular weight is 270 g/mol. The minimum atomic E-state index is -3.70. The Bertz CT molecular complexity index is 223. The van der Waals surface area contributed by atoms with Gasteiger partial charge in [0, 0.05) is 21.5 Å². The summed E-state index contributed by atoms with van der Waals surface area (Å²) in [4.78, 5) is 0. The lowest BCUT2D eigenvalue weighted by Gasteiger charge is -2.23. The normalized spacial score (nSPS) is 31.6. The van der Waals surface area contributed by atoms with E-state index in [1.165, 1.54) is 0 Å². The highest BCUT2D eigenvalue weighted by Crippen LogP contribution is 2.20. The molecule has 0 aliphatic heterocycles. The molecule has 0 bridgehead atoms. The van der Waals surface area contributed by atoms with Crippen LogP contribution in [-0.4, -0.2) is 33.9 Å². The van der Waals surface area contributed by atoms with Gasteiger partial charge in [-0.05, 0) is 0 Å². The van der Waals surface area contributed by atoms with Gasteiger partial charge in [-0.1, -0.05) is 31.9 Å². The molecule has 0 saturated carbocycles. The summed E-state index contributed by atoms with van der Waals surface area (Å²) in [7, 11) is 0. The third-order valence-electron chi connectivity index (χ3n) is 0.619. The molecule has 0 amide bonds. The van der Waals surface area contributed by atoms with Gasteiger partial charge in [-0.2, -0.15) is 0 Å². The van der Waals surface area contributed by atoms with E-state index in [2.05, 4.69) is 31.9 Å². The molecule has 0 saturated heterocycles. The molecule has 0 aromatic heterocycles. The van der Waals surface area contributed by atoms with Crippen LogP contribution in [0.3, 0.4) is 0 Å². The van der Waals surface area contributed by atoms with Crippen LogP contribution in [0.2, 0.25) is 0 Å². The third-order valence-corrected chi connectivity index (χ3v) is 1.81. The molecule has 0 aromatic carbocycles. The Balaban J connectivity index is 6.37. The summed E-state index contributed by atoms with van der Waals surface area (Å²) in [6, 6.07) is 0. The van der Waals surface area contributed by atoms with E-state index in [1.807, 2.05) is 0 Å². The molecule has 0 spiro atoms. The highest BCUT2D eigenvalue weighted by Gasteiger charge is 2.25. The zero-order valence-electron chi connectivity index (χ0n) is 12.2. The van der Waals surface area contributed by atoms with Gasteiger partial charge in [0.05, 0.1) is 18.6 Å². The molecule has 0 fully saturated rings.